The van der Waals surface area contributed by atoms with E-state index in [-0.39, 0.29) is 11.7 Å². The van der Waals surface area contributed by atoms with Gasteiger partial charge in [0.25, 0.3) is 0 Å². The van der Waals surface area contributed by atoms with Gasteiger partial charge in [0.1, 0.15) is 0 Å². The third-order valence-electron chi connectivity index (χ3n) is 2.20. The van der Waals surface area contributed by atoms with Crippen LogP contribution in [0.15, 0.2) is 24.3 Å². The van der Waals surface area contributed by atoms with Crippen molar-refractivity contribution in [2.45, 2.75) is 19.8 Å². The van der Waals surface area contributed by atoms with Crippen molar-refractivity contribution in [3.63, 3.8) is 0 Å². The molecule has 0 aliphatic heterocycles. The van der Waals surface area contributed by atoms with Crippen LogP contribution in [0.25, 0.3) is 0 Å². The Labute approximate surface area is 85.0 Å². The van der Waals surface area contributed by atoms with Crippen LogP contribution in [0.3, 0.4) is 0 Å². The average molecular weight is 213 g/mol. The first kappa shape index (κ1) is 11.2. The summed E-state index contributed by atoms with van der Waals surface area (Å²) in [6, 6.07) is 7.74. The molecular formula is C10H15NO2S. The number of rotatable bonds is 3. The van der Waals surface area contributed by atoms with Gasteiger partial charge in [-0.3, -0.25) is 0 Å². The number of hydrogen-bond acceptors (Lipinski definition) is 2. The average Bonchev–Trinajstić information content (AvgIpc) is 2.01. The molecule has 0 aliphatic rings. The van der Waals surface area contributed by atoms with Crippen molar-refractivity contribution in [2.24, 2.45) is 5.14 Å². The van der Waals surface area contributed by atoms with E-state index < -0.39 is 10.0 Å². The van der Waals surface area contributed by atoms with Gasteiger partial charge >= 0.3 is 0 Å². The molecule has 1 unspecified atom stereocenters. The molecule has 0 bridgehead atoms. The summed E-state index contributed by atoms with van der Waals surface area (Å²) < 4.78 is 21.8. The summed E-state index contributed by atoms with van der Waals surface area (Å²) in [4.78, 5) is 0. The number of primary sulfonamides is 1. The van der Waals surface area contributed by atoms with Crippen molar-refractivity contribution in [3.05, 3.63) is 35.4 Å². The minimum absolute atomic E-state index is 0.00213. The van der Waals surface area contributed by atoms with Crippen LogP contribution in [0.5, 0.6) is 0 Å². The highest BCUT2D eigenvalue weighted by Crippen LogP contribution is 2.19. The second-order valence-electron chi connectivity index (χ2n) is 3.59. The molecule has 1 aromatic carbocycles. The van der Waals surface area contributed by atoms with E-state index >= 15 is 0 Å². The third-order valence-corrected chi connectivity index (χ3v) is 3.17. The van der Waals surface area contributed by atoms with Crippen molar-refractivity contribution in [3.8, 4) is 0 Å². The minimum atomic E-state index is -3.39. The predicted molar refractivity (Wildman–Crippen MR) is 57.6 cm³/mol. The molecule has 0 amide bonds. The number of aryl methyl sites for hydroxylation is 1. The maximum atomic E-state index is 10.9. The molecule has 3 nitrogen and oxygen atoms in total. The second kappa shape index (κ2) is 4.11. The molecular weight excluding hydrogens is 198 g/mol. The molecule has 0 fully saturated rings. The van der Waals surface area contributed by atoms with Crippen molar-refractivity contribution in [1.82, 2.24) is 0 Å². The lowest BCUT2D eigenvalue weighted by Crippen LogP contribution is -2.20. The Kier molecular flexibility index (Phi) is 3.29. The molecule has 0 radical (unpaired) electrons. The van der Waals surface area contributed by atoms with Gasteiger partial charge in [-0.1, -0.05) is 31.2 Å². The molecule has 0 heterocycles. The summed E-state index contributed by atoms with van der Waals surface area (Å²) in [5.74, 6) is -0.0519. The van der Waals surface area contributed by atoms with Crippen LogP contribution in [0.4, 0.5) is 0 Å². The molecule has 0 aromatic heterocycles. The van der Waals surface area contributed by atoms with E-state index in [0.29, 0.717) is 0 Å². The molecule has 78 valence electrons. The van der Waals surface area contributed by atoms with Crippen LogP contribution >= 0.6 is 0 Å². The maximum absolute atomic E-state index is 10.9. The van der Waals surface area contributed by atoms with Gasteiger partial charge in [-0.05, 0) is 24.0 Å². The summed E-state index contributed by atoms with van der Waals surface area (Å²) >= 11 is 0. The molecule has 0 saturated carbocycles. The molecule has 0 aliphatic carbocycles. The molecule has 0 saturated heterocycles. The normalized spacial score (nSPS) is 13.9. The standard InChI is InChI=1S/C10H15NO2S/c1-8-5-3-4-6-10(8)9(2)7-14(11,12)13/h3-6,9H,7H2,1-2H3,(H2,11,12,13). The molecule has 14 heavy (non-hydrogen) atoms. The van der Waals surface area contributed by atoms with Gasteiger partial charge in [-0.25, -0.2) is 13.6 Å². The zero-order valence-corrected chi connectivity index (χ0v) is 9.21. The van der Waals surface area contributed by atoms with Crippen LogP contribution in [-0.2, 0) is 10.0 Å². The lowest BCUT2D eigenvalue weighted by molar-refractivity contribution is 0.592. The van der Waals surface area contributed by atoms with Crippen LogP contribution in [0.1, 0.15) is 24.0 Å². The van der Waals surface area contributed by atoms with Crippen LogP contribution in [0.2, 0.25) is 0 Å². The summed E-state index contributed by atoms with van der Waals surface area (Å²) in [5.41, 5.74) is 2.14. The number of benzene rings is 1. The fourth-order valence-electron chi connectivity index (χ4n) is 1.58. The molecule has 1 atom stereocenters. The first-order valence-corrected chi connectivity index (χ1v) is 6.17. The highest BCUT2D eigenvalue weighted by Gasteiger charge is 2.14. The minimum Gasteiger partial charge on any atom is -0.229 e. The van der Waals surface area contributed by atoms with Crippen molar-refractivity contribution in [2.75, 3.05) is 5.75 Å². The number of nitrogens with two attached hydrogens (primary N) is 1. The number of hydrogen-bond donors (Lipinski definition) is 1. The van der Waals surface area contributed by atoms with Gasteiger partial charge in [0.2, 0.25) is 10.0 Å². The Morgan fingerprint density at radius 3 is 2.43 bits per heavy atom. The van der Waals surface area contributed by atoms with E-state index in [1.165, 1.54) is 0 Å². The summed E-state index contributed by atoms with van der Waals surface area (Å²) in [6.07, 6.45) is 0. The first-order chi connectivity index (χ1) is 6.40. The van der Waals surface area contributed by atoms with Crippen LogP contribution in [-0.4, -0.2) is 14.2 Å². The Bertz CT molecular complexity index is 412. The zero-order chi connectivity index (χ0) is 10.8. The predicted octanol–water partition coefficient (Wildman–Crippen LogP) is 1.39. The van der Waals surface area contributed by atoms with Gasteiger partial charge in [-0.15, -0.1) is 0 Å². The zero-order valence-electron chi connectivity index (χ0n) is 8.40. The smallest absolute Gasteiger partial charge is 0.209 e. The highest BCUT2D eigenvalue weighted by molar-refractivity contribution is 7.89. The molecule has 2 N–H and O–H groups in total. The van der Waals surface area contributed by atoms with Gasteiger partial charge in [0.05, 0.1) is 5.75 Å². The van der Waals surface area contributed by atoms with E-state index in [2.05, 4.69) is 0 Å². The SMILES string of the molecule is Cc1ccccc1C(C)CS(N)(=O)=O. The van der Waals surface area contributed by atoms with Crippen molar-refractivity contribution >= 4 is 10.0 Å². The first-order valence-electron chi connectivity index (χ1n) is 4.46. The number of sulfonamides is 1. The van der Waals surface area contributed by atoms with Crippen LogP contribution in [0, 0.1) is 6.92 Å². The Morgan fingerprint density at radius 1 is 1.36 bits per heavy atom. The van der Waals surface area contributed by atoms with Crippen molar-refractivity contribution in [1.29, 1.82) is 0 Å². The fourth-order valence-corrected chi connectivity index (χ4v) is 2.45. The lowest BCUT2D eigenvalue weighted by atomic mass is 9.98. The van der Waals surface area contributed by atoms with Gasteiger partial charge in [0.15, 0.2) is 0 Å². The Hall–Kier alpha value is -0.870. The van der Waals surface area contributed by atoms with Gasteiger partial charge in [0, 0.05) is 0 Å². The largest absolute Gasteiger partial charge is 0.229 e. The summed E-state index contributed by atoms with van der Waals surface area (Å²) in [7, 11) is -3.39. The molecule has 1 rings (SSSR count). The van der Waals surface area contributed by atoms with E-state index in [4.69, 9.17) is 5.14 Å². The monoisotopic (exact) mass is 213 g/mol. The van der Waals surface area contributed by atoms with Gasteiger partial charge < -0.3 is 0 Å². The molecule has 4 heteroatoms. The third kappa shape index (κ3) is 3.12. The molecule has 1 aromatic rings. The Balaban J connectivity index is 2.90. The summed E-state index contributed by atoms with van der Waals surface area (Å²) in [5, 5.41) is 5.00. The quantitative estimate of drug-likeness (QED) is 0.824. The topological polar surface area (TPSA) is 60.2 Å². The molecule has 0 spiro atoms. The fraction of sp³-hybridized carbons (Fsp3) is 0.400. The lowest BCUT2D eigenvalue weighted by Gasteiger charge is -2.12. The maximum Gasteiger partial charge on any atom is 0.209 e. The summed E-state index contributed by atoms with van der Waals surface area (Å²) in [6.45, 7) is 3.84. The van der Waals surface area contributed by atoms with E-state index in [0.717, 1.165) is 11.1 Å². The van der Waals surface area contributed by atoms with E-state index in [9.17, 15) is 8.42 Å². The Morgan fingerprint density at radius 2 is 1.93 bits per heavy atom. The van der Waals surface area contributed by atoms with Gasteiger partial charge in [-0.2, -0.15) is 0 Å². The van der Waals surface area contributed by atoms with Crippen molar-refractivity contribution < 1.29 is 8.42 Å². The highest BCUT2D eigenvalue weighted by atomic mass is 32.2. The second-order valence-corrected chi connectivity index (χ2v) is 5.25. The van der Waals surface area contributed by atoms with Crippen LogP contribution < -0.4 is 5.14 Å². The van der Waals surface area contributed by atoms with E-state index in [1.807, 2.05) is 38.1 Å². The van der Waals surface area contributed by atoms with E-state index in [1.54, 1.807) is 0 Å².